The Kier molecular flexibility index (Phi) is 4.28. The monoisotopic (exact) mass is 246 g/mol. The van der Waals surface area contributed by atoms with Gasteiger partial charge in [-0.25, -0.2) is 0 Å². The lowest BCUT2D eigenvalue weighted by atomic mass is 9.98. The van der Waals surface area contributed by atoms with Gasteiger partial charge in [-0.3, -0.25) is 0 Å². The van der Waals surface area contributed by atoms with Crippen LogP contribution in [0.25, 0.3) is 0 Å². The van der Waals surface area contributed by atoms with Gasteiger partial charge >= 0.3 is 0 Å². The smallest absolute Gasteiger partial charge is 0.0399 e. The van der Waals surface area contributed by atoms with Crippen LogP contribution in [0.15, 0.2) is 18.2 Å². The number of rotatable bonds is 4. The molecule has 100 valence electrons. The van der Waals surface area contributed by atoms with E-state index in [9.17, 15) is 0 Å². The van der Waals surface area contributed by atoms with Gasteiger partial charge in [-0.15, -0.1) is 0 Å². The first-order valence-corrected chi connectivity index (χ1v) is 7.16. The highest BCUT2D eigenvalue weighted by molar-refractivity contribution is 5.56. The Morgan fingerprint density at radius 3 is 2.83 bits per heavy atom. The van der Waals surface area contributed by atoms with Crippen LogP contribution in [0.2, 0.25) is 0 Å². The van der Waals surface area contributed by atoms with Gasteiger partial charge < -0.3 is 10.6 Å². The van der Waals surface area contributed by atoms with Crippen molar-refractivity contribution in [2.45, 2.75) is 46.1 Å². The first kappa shape index (κ1) is 13.4. The number of hydrogen-bond donors (Lipinski definition) is 1. The Balaban J connectivity index is 2.08. The summed E-state index contributed by atoms with van der Waals surface area (Å²) in [6.07, 6.45) is 3.58. The van der Waals surface area contributed by atoms with Crippen molar-refractivity contribution in [2.75, 3.05) is 18.0 Å². The molecule has 2 heteroatoms. The predicted octanol–water partition coefficient (Wildman–Crippen LogP) is 3.12. The zero-order valence-electron chi connectivity index (χ0n) is 11.9. The summed E-state index contributed by atoms with van der Waals surface area (Å²) in [5.74, 6) is 0.683. The van der Waals surface area contributed by atoms with Gasteiger partial charge in [-0.05, 0) is 43.7 Å². The molecule has 1 atom stereocenters. The number of hydrogen-bond acceptors (Lipinski definition) is 2. The maximum atomic E-state index is 6.25. The zero-order chi connectivity index (χ0) is 13.1. The van der Waals surface area contributed by atoms with Crippen molar-refractivity contribution in [3.8, 4) is 0 Å². The van der Waals surface area contributed by atoms with Gasteiger partial charge in [0.1, 0.15) is 0 Å². The Hall–Kier alpha value is -1.02. The Labute approximate surface area is 111 Å². The lowest BCUT2D eigenvalue weighted by molar-refractivity contribution is 0.484. The molecule has 2 rings (SSSR count). The third-order valence-electron chi connectivity index (χ3n) is 3.68. The highest BCUT2D eigenvalue weighted by atomic mass is 15.1. The summed E-state index contributed by atoms with van der Waals surface area (Å²) in [6, 6.07) is 7.10. The predicted molar refractivity (Wildman–Crippen MR) is 79.1 cm³/mol. The highest BCUT2D eigenvalue weighted by Crippen LogP contribution is 2.28. The SMILES string of the molecule is Cc1ccc2c(c1)CCCN2CC(N)CC(C)C. The molecule has 0 bridgehead atoms. The van der Waals surface area contributed by atoms with Crippen molar-refractivity contribution in [1.29, 1.82) is 0 Å². The van der Waals surface area contributed by atoms with Crippen LogP contribution in [0.1, 0.15) is 37.8 Å². The average Bonchev–Trinajstić information content (AvgIpc) is 2.27. The lowest BCUT2D eigenvalue weighted by Crippen LogP contribution is -2.40. The largest absolute Gasteiger partial charge is 0.370 e. The summed E-state index contributed by atoms with van der Waals surface area (Å²) >= 11 is 0. The summed E-state index contributed by atoms with van der Waals surface area (Å²) in [4.78, 5) is 2.48. The summed E-state index contributed by atoms with van der Waals surface area (Å²) in [7, 11) is 0. The molecule has 1 aliphatic rings. The highest BCUT2D eigenvalue weighted by Gasteiger charge is 2.19. The van der Waals surface area contributed by atoms with Crippen LogP contribution in [0, 0.1) is 12.8 Å². The van der Waals surface area contributed by atoms with E-state index in [1.807, 2.05) is 0 Å². The standard InChI is InChI=1S/C16H26N2/c1-12(2)9-15(17)11-18-8-4-5-14-10-13(3)6-7-16(14)18/h6-7,10,12,15H,4-5,8-9,11,17H2,1-3H3. The second-order valence-corrected chi connectivity index (χ2v) is 6.07. The van der Waals surface area contributed by atoms with E-state index in [-0.39, 0.29) is 6.04 Å². The summed E-state index contributed by atoms with van der Waals surface area (Å²) in [6.45, 7) is 8.81. The van der Waals surface area contributed by atoms with E-state index in [0.717, 1.165) is 19.5 Å². The second kappa shape index (κ2) is 5.75. The molecule has 2 N–H and O–H groups in total. The van der Waals surface area contributed by atoms with Gasteiger partial charge in [0.15, 0.2) is 0 Å². The van der Waals surface area contributed by atoms with Gasteiger partial charge in [0.25, 0.3) is 0 Å². The first-order valence-electron chi connectivity index (χ1n) is 7.16. The minimum atomic E-state index is 0.289. The molecule has 2 nitrogen and oxygen atoms in total. The molecular weight excluding hydrogens is 220 g/mol. The molecule has 0 spiro atoms. The van der Waals surface area contributed by atoms with Crippen LogP contribution in [0.3, 0.4) is 0 Å². The second-order valence-electron chi connectivity index (χ2n) is 6.07. The minimum Gasteiger partial charge on any atom is -0.370 e. The third-order valence-corrected chi connectivity index (χ3v) is 3.68. The van der Waals surface area contributed by atoms with Gasteiger partial charge in [0.2, 0.25) is 0 Å². The molecule has 0 fully saturated rings. The van der Waals surface area contributed by atoms with E-state index in [4.69, 9.17) is 5.73 Å². The molecule has 1 heterocycles. The van der Waals surface area contributed by atoms with Crippen molar-refractivity contribution in [2.24, 2.45) is 11.7 Å². The normalized spacial score (nSPS) is 16.8. The summed E-state index contributed by atoms with van der Waals surface area (Å²) in [5.41, 5.74) is 10.5. The third kappa shape index (κ3) is 3.26. The fourth-order valence-corrected chi connectivity index (χ4v) is 2.96. The Morgan fingerprint density at radius 2 is 2.11 bits per heavy atom. The van der Waals surface area contributed by atoms with Gasteiger partial charge in [-0.1, -0.05) is 31.5 Å². The number of nitrogens with two attached hydrogens (primary N) is 1. The van der Waals surface area contributed by atoms with Crippen molar-refractivity contribution in [3.63, 3.8) is 0 Å². The van der Waals surface area contributed by atoms with Gasteiger partial charge in [-0.2, -0.15) is 0 Å². The van der Waals surface area contributed by atoms with E-state index in [1.165, 1.54) is 29.7 Å². The molecule has 0 amide bonds. The van der Waals surface area contributed by atoms with Crippen LogP contribution in [-0.2, 0) is 6.42 Å². The van der Waals surface area contributed by atoms with E-state index >= 15 is 0 Å². The molecule has 1 aliphatic heterocycles. The molecular formula is C16H26N2. The van der Waals surface area contributed by atoms with E-state index < -0.39 is 0 Å². The number of fused-ring (bicyclic) bond motifs is 1. The van der Waals surface area contributed by atoms with Crippen LogP contribution in [0.5, 0.6) is 0 Å². The van der Waals surface area contributed by atoms with Crippen LogP contribution < -0.4 is 10.6 Å². The maximum Gasteiger partial charge on any atom is 0.0399 e. The van der Waals surface area contributed by atoms with Gasteiger partial charge in [0, 0.05) is 24.8 Å². The fraction of sp³-hybridized carbons (Fsp3) is 0.625. The van der Waals surface area contributed by atoms with Crippen LogP contribution >= 0.6 is 0 Å². The minimum absolute atomic E-state index is 0.289. The molecule has 18 heavy (non-hydrogen) atoms. The molecule has 0 aromatic heterocycles. The molecule has 1 aromatic rings. The van der Waals surface area contributed by atoms with Crippen molar-refractivity contribution in [1.82, 2.24) is 0 Å². The van der Waals surface area contributed by atoms with E-state index in [0.29, 0.717) is 5.92 Å². The number of nitrogens with zero attached hydrogens (tertiary/aromatic N) is 1. The van der Waals surface area contributed by atoms with Crippen molar-refractivity contribution in [3.05, 3.63) is 29.3 Å². The number of anilines is 1. The maximum absolute atomic E-state index is 6.25. The molecule has 1 unspecified atom stereocenters. The van der Waals surface area contributed by atoms with Crippen LogP contribution in [0.4, 0.5) is 5.69 Å². The number of aryl methyl sites for hydroxylation is 2. The molecule has 0 saturated carbocycles. The molecule has 1 aromatic carbocycles. The lowest BCUT2D eigenvalue weighted by Gasteiger charge is -2.34. The quantitative estimate of drug-likeness (QED) is 0.884. The first-order chi connectivity index (χ1) is 8.56. The average molecular weight is 246 g/mol. The van der Waals surface area contributed by atoms with E-state index in [1.54, 1.807) is 0 Å². The molecule has 0 radical (unpaired) electrons. The Morgan fingerprint density at radius 1 is 1.33 bits per heavy atom. The van der Waals surface area contributed by atoms with Crippen molar-refractivity contribution < 1.29 is 0 Å². The van der Waals surface area contributed by atoms with Crippen molar-refractivity contribution >= 4 is 5.69 Å². The molecule has 0 aliphatic carbocycles. The molecule has 0 saturated heterocycles. The zero-order valence-corrected chi connectivity index (χ0v) is 11.9. The summed E-state index contributed by atoms with van der Waals surface area (Å²) in [5, 5.41) is 0. The van der Waals surface area contributed by atoms with Crippen LogP contribution in [-0.4, -0.2) is 19.1 Å². The van der Waals surface area contributed by atoms with Gasteiger partial charge in [0.05, 0.1) is 0 Å². The van der Waals surface area contributed by atoms with E-state index in [2.05, 4.69) is 43.9 Å². The number of benzene rings is 1. The topological polar surface area (TPSA) is 29.3 Å². The summed E-state index contributed by atoms with van der Waals surface area (Å²) < 4.78 is 0. The fourth-order valence-electron chi connectivity index (χ4n) is 2.96. The Bertz CT molecular complexity index is 398.